The van der Waals surface area contributed by atoms with E-state index in [1.165, 1.54) is 12.0 Å². The van der Waals surface area contributed by atoms with Crippen molar-refractivity contribution in [3.63, 3.8) is 0 Å². The summed E-state index contributed by atoms with van der Waals surface area (Å²) < 4.78 is 5.16. The summed E-state index contributed by atoms with van der Waals surface area (Å²) >= 11 is 5.94. The Kier molecular flexibility index (Phi) is 5.51. The van der Waals surface area contributed by atoms with Gasteiger partial charge in [0.1, 0.15) is 5.75 Å². The Balaban J connectivity index is 2.47. The van der Waals surface area contributed by atoms with Gasteiger partial charge < -0.3 is 10.1 Å². The molecule has 0 saturated carbocycles. The number of halogens is 1. The molecule has 0 saturated heterocycles. The fraction of sp³-hybridized carbons (Fsp3) is 0.500. The maximum absolute atomic E-state index is 5.94. The average molecular weight is 228 g/mol. The van der Waals surface area contributed by atoms with Gasteiger partial charge in [-0.1, -0.05) is 24.6 Å². The van der Waals surface area contributed by atoms with Crippen LogP contribution < -0.4 is 10.1 Å². The summed E-state index contributed by atoms with van der Waals surface area (Å²) in [5, 5.41) is 4.03. The van der Waals surface area contributed by atoms with Crippen LogP contribution in [0, 0.1) is 0 Å². The Labute approximate surface area is 96.6 Å². The third-order valence-electron chi connectivity index (χ3n) is 2.23. The molecule has 1 aromatic carbocycles. The normalized spacial score (nSPS) is 10.3. The molecule has 1 N–H and O–H groups in total. The van der Waals surface area contributed by atoms with Gasteiger partial charge in [-0.25, -0.2) is 0 Å². The second-order valence-electron chi connectivity index (χ2n) is 3.47. The first-order valence-electron chi connectivity index (χ1n) is 5.31. The largest absolute Gasteiger partial charge is 0.495 e. The van der Waals surface area contributed by atoms with E-state index >= 15 is 0 Å². The van der Waals surface area contributed by atoms with Crippen LogP contribution in [0.3, 0.4) is 0 Å². The van der Waals surface area contributed by atoms with E-state index in [4.69, 9.17) is 16.3 Å². The number of methoxy groups -OCH3 is 1. The molecule has 15 heavy (non-hydrogen) atoms. The third kappa shape index (κ3) is 4.10. The molecule has 0 unspecified atom stereocenters. The second-order valence-corrected chi connectivity index (χ2v) is 3.88. The van der Waals surface area contributed by atoms with E-state index in [0.29, 0.717) is 5.02 Å². The number of rotatable bonds is 6. The zero-order valence-corrected chi connectivity index (χ0v) is 10.1. The van der Waals surface area contributed by atoms with Gasteiger partial charge in [-0.05, 0) is 43.6 Å². The lowest BCUT2D eigenvalue weighted by Gasteiger charge is -2.07. The van der Waals surface area contributed by atoms with Crippen molar-refractivity contribution in [2.45, 2.75) is 19.8 Å². The van der Waals surface area contributed by atoms with E-state index in [-0.39, 0.29) is 0 Å². The lowest BCUT2D eigenvalue weighted by Crippen LogP contribution is -2.17. The molecule has 0 bridgehead atoms. The van der Waals surface area contributed by atoms with Crippen molar-refractivity contribution in [1.82, 2.24) is 5.32 Å². The lowest BCUT2D eigenvalue weighted by atomic mass is 10.1. The summed E-state index contributed by atoms with van der Waals surface area (Å²) in [7, 11) is 1.64. The molecule has 0 aliphatic rings. The minimum absolute atomic E-state index is 0.669. The SMILES string of the molecule is CCCNCCc1ccc(Cl)c(OC)c1. The molecule has 84 valence electrons. The van der Waals surface area contributed by atoms with Crippen molar-refractivity contribution in [2.75, 3.05) is 20.2 Å². The molecule has 0 aliphatic carbocycles. The quantitative estimate of drug-likeness (QED) is 0.755. The van der Waals surface area contributed by atoms with Crippen molar-refractivity contribution < 1.29 is 4.74 Å². The molecule has 0 fully saturated rings. The summed E-state index contributed by atoms with van der Waals surface area (Å²) in [6.45, 7) is 4.24. The molecule has 2 nitrogen and oxygen atoms in total. The van der Waals surface area contributed by atoms with Crippen molar-refractivity contribution in [2.24, 2.45) is 0 Å². The second kappa shape index (κ2) is 6.70. The summed E-state index contributed by atoms with van der Waals surface area (Å²) in [4.78, 5) is 0. The highest BCUT2D eigenvalue weighted by atomic mass is 35.5. The lowest BCUT2D eigenvalue weighted by molar-refractivity contribution is 0.414. The van der Waals surface area contributed by atoms with Gasteiger partial charge in [0.2, 0.25) is 0 Å². The highest BCUT2D eigenvalue weighted by Crippen LogP contribution is 2.24. The van der Waals surface area contributed by atoms with Crippen LogP contribution in [0.1, 0.15) is 18.9 Å². The number of nitrogens with one attached hydrogen (secondary N) is 1. The molecular weight excluding hydrogens is 210 g/mol. The van der Waals surface area contributed by atoms with Crippen molar-refractivity contribution >= 4 is 11.6 Å². The molecule has 0 aromatic heterocycles. The van der Waals surface area contributed by atoms with Gasteiger partial charge >= 0.3 is 0 Å². The molecule has 0 aliphatic heterocycles. The molecule has 1 rings (SSSR count). The number of benzene rings is 1. The minimum atomic E-state index is 0.669. The van der Waals surface area contributed by atoms with Crippen LogP contribution in [0.25, 0.3) is 0 Å². The molecule has 3 heteroatoms. The van der Waals surface area contributed by atoms with Gasteiger partial charge in [-0.3, -0.25) is 0 Å². The number of ether oxygens (including phenoxy) is 1. The Morgan fingerprint density at radius 1 is 1.33 bits per heavy atom. The van der Waals surface area contributed by atoms with Gasteiger partial charge in [0, 0.05) is 0 Å². The number of hydrogen-bond acceptors (Lipinski definition) is 2. The standard InChI is InChI=1S/C12H18ClNO/c1-3-7-14-8-6-10-4-5-11(13)12(9-10)15-2/h4-5,9,14H,3,6-8H2,1-2H3. The molecule has 0 heterocycles. The highest BCUT2D eigenvalue weighted by molar-refractivity contribution is 6.32. The maximum Gasteiger partial charge on any atom is 0.137 e. The van der Waals surface area contributed by atoms with Crippen LogP contribution in [-0.4, -0.2) is 20.2 Å². The summed E-state index contributed by atoms with van der Waals surface area (Å²) in [5.41, 5.74) is 1.25. The van der Waals surface area contributed by atoms with Crippen molar-refractivity contribution in [3.05, 3.63) is 28.8 Å². The fourth-order valence-electron chi connectivity index (χ4n) is 1.39. The highest BCUT2D eigenvalue weighted by Gasteiger charge is 2.01. The van der Waals surface area contributed by atoms with Crippen molar-refractivity contribution in [1.29, 1.82) is 0 Å². The smallest absolute Gasteiger partial charge is 0.137 e. The van der Waals surface area contributed by atoms with E-state index in [2.05, 4.69) is 12.2 Å². The summed E-state index contributed by atoms with van der Waals surface area (Å²) in [5.74, 6) is 0.754. The zero-order chi connectivity index (χ0) is 11.1. The predicted octanol–water partition coefficient (Wildman–Crippen LogP) is 2.89. The maximum atomic E-state index is 5.94. The first kappa shape index (κ1) is 12.3. The first-order chi connectivity index (χ1) is 7.27. The van der Waals surface area contributed by atoms with E-state index in [9.17, 15) is 0 Å². The molecule has 0 amide bonds. The van der Waals surface area contributed by atoms with Gasteiger partial charge in [-0.15, -0.1) is 0 Å². The van der Waals surface area contributed by atoms with Gasteiger partial charge in [0.25, 0.3) is 0 Å². The Morgan fingerprint density at radius 3 is 2.80 bits per heavy atom. The summed E-state index contributed by atoms with van der Waals surface area (Å²) in [6, 6.07) is 5.92. The van der Waals surface area contributed by atoms with E-state index < -0.39 is 0 Å². The van der Waals surface area contributed by atoms with Crippen LogP contribution in [-0.2, 0) is 6.42 Å². The van der Waals surface area contributed by atoms with Crippen LogP contribution in [0.15, 0.2) is 18.2 Å². The van der Waals surface area contributed by atoms with Gasteiger partial charge in [-0.2, -0.15) is 0 Å². The first-order valence-corrected chi connectivity index (χ1v) is 5.69. The topological polar surface area (TPSA) is 21.3 Å². The zero-order valence-electron chi connectivity index (χ0n) is 9.35. The molecule has 1 aromatic rings. The Hall–Kier alpha value is -0.730. The molecule has 0 radical (unpaired) electrons. The van der Waals surface area contributed by atoms with Gasteiger partial charge in [0.15, 0.2) is 0 Å². The van der Waals surface area contributed by atoms with E-state index in [1.807, 2.05) is 18.2 Å². The van der Waals surface area contributed by atoms with E-state index in [1.54, 1.807) is 7.11 Å². The van der Waals surface area contributed by atoms with Crippen molar-refractivity contribution in [3.8, 4) is 5.75 Å². The minimum Gasteiger partial charge on any atom is -0.495 e. The van der Waals surface area contributed by atoms with Crippen LogP contribution in [0.4, 0.5) is 0 Å². The van der Waals surface area contributed by atoms with Crippen LogP contribution in [0.2, 0.25) is 5.02 Å². The third-order valence-corrected chi connectivity index (χ3v) is 2.55. The molecule has 0 atom stereocenters. The molecular formula is C12H18ClNO. The Bertz CT molecular complexity index is 302. The van der Waals surface area contributed by atoms with Crippen LogP contribution in [0.5, 0.6) is 5.75 Å². The number of hydrogen-bond donors (Lipinski definition) is 1. The summed E-state index contributed by atoms with van der Waals surface area (Å²) in [6.07, 6.45) is 2.18. The van der Waals surface area contributed by atoms with Crippen LogP contribution >= 0.6 is 11.6 Å². The molecule has 0 spiro atoms. The monoisotopic (exact) mass is 227 g/mol. The van der Waals surface area contributed by atoms with E-state index in [0.717, 1.165) is 25.3 Å². The van der Waals surface area contributed by atoms with Gasteiger partial charge in [0.05, 0.1) is 12.1 Å². The Morgan fingerprint density at radius 2 is 2.13 bits per heavy atom. The fourth-order valence-corrected chi connectivity index (χ4v) is 1.59. The average Bonchev–Trinajstić information content (AvgIpc) is 2.26. The predicted molar refractivity (Wildman–Crippen MR) is 64.9 cm³/mol.